The molecule has 1 unspecified atom stereocenters. The average Bonchev–Trinajstić information content (AvgIpc) is 2.57. The summed E-state index contributed by atoms with van der Waals surface area (Å²) in [5.41, 5.74) is -0.0520. The number of benzene rings is 1. The van der Waals surface area contributed by atoms with Gasteiger partial charge in [0.15, 0.2) is 5.56 Å². The van der Waals surface area contributed by atoms with Gasteiger partial charge in [0.2, 0.25) is 0 Å². The molecule has 1 aliphatic rings. The van der Waals surface area contributed by atoms with E-state index in [1.54, 1.807) is 31.2 Å². The van der Waals surface area contributed by atoms with Crippen molar-refractivity contribution in [2.24, 2.45) is 0 Å². The molecule has 1 aliphatic heterocycles. The highest BCUT2D eigenvalue weighted by Gasteiger charge is 2.29. The maximum atomic E-state index is 11.9. The van der Waals surface area contributed by atoms with E-state index in [0.717, 1.165) is 0 Å². The number of fused-ring (bicyclic) bond motifs is 3. The number of hydrogen-bond donors (Lipinski definition) is 3. The number of nitrogens with one attached hydrogen (secondary N) is 1. The van der Waals surface area contributed by atoms with Crippen LogP contribution in [0.3, 0.4) is 0 Å². The number of H-pyrrole nitrogens is 1. The van der Waals surface area contributed by atoms with Crippen LogP contribution in [0.25, 0.3) is 11.3 Å². The van der Waals surface area contributed by atoms with Crippen LogP contribution in [0.1, 0.15) is 28.8 Å². The minimum Gasteiger partial charge on any atom is -0.506 e. The normalized spacial score (nSPS) is 15.6. The maximum absolute atomic E-state index is 11.9. The van der Waals surface area contributed by atoms with Crippen molar-refractivity contribution < 1.29 is 19.7 Å². The number of hydrogen-bond acceptors (Lipinski definition) is 4. The van der Waals surface area contributed by atoms with Gasteiger partial charge in [-0.1, -0.05) is 19.1 Å². The van der Waals surface area contributed by atoms with Crippen molar-refractivity contribution in [2.75, 3.05) is 6.61 Å². The number of ether oxygens (including phenoxy) is 1. The fourth-order valence-corrected chi connectivity index (χ4v) is 2.59. The number of pyridine rings is 1. The second-order valence-electron chi connectivity index (χ2n) is 4.98. The quantitative estimate of drug-likeness (QED) is 0.748. The first kappa shape index (κ1) is 15.9. The number of rotatable bonds is 1. The second kappa shape index (κ2) is 5.73. The van der Waals surface area contributed by atoms with Gasteiger partial charge < -0.3 is 19.9 Å². The van der Waals surface area contributed by atoms with Crippen molar-refractivity contribution in [3.63, 3.8) is 0 Å². The Morgan fingerprint density at radius 1 is 1.36 bits per heavy atom. The van der Waals surface area contributed by atoms with Crippen LogP contribution in [0.4, 0.5) is 0 Å². The molecule has 0 aliphatic carbocycles. The summed E-state index contributed by atoms with van der Waals surface area (Å²) in [5.74, 6) is -1.63. The number of para-hydroxylation sites is 1. The van der Waals surface area contributed by atoms with Gasteiger partial charge in [0.05, 0.1) is 12.3 Å². The Balaban J connectivity index is 0.00000176. The van der Waals surface area contributed by atoms with Crippen LogP contribution in [0.2, 0.25) is 0 Å². The van der Waals surface area contributed by atoms with Gasteiger partial charge in [-0.05, 0) is 12.1 Å². The molecular formula is C15H14ClNO5. The lowest BCUT2D eigenvalue weighted by molar-refractivity contribution is 0.0691. The Kier molecular flexibility index (Phi) is 4.14. The lowest BCUT2D eigenvalue weighted by atomic mass is 9.94. The molecule has 0 bridgehead atoms. The third-order valence-electron chi connectivity index (χ3n) is 3.58. The van der Waals surface area contributed by atoms with E-state index in [4.69, 9.17) is 9.84 Å². The molecule has 1 aromatic carbocycles. The van der Waals surface area contributed by atoms with Gasteiger partial charge in [-0.15, -0.1) is 12.4 Å². The summed E-state index contributed by atoms with van der Waals surface area (Å²) in [4.78, 5) is 25.7. The van der Waals surface area contributed by atoms with Gasteiger partial charge in [0, 0.05) is 17.0 Å². The van der Waals surface area contributed by atoms with E-state index < -0.39 is 22.8 Å². The van der Waals surface area contributed by atoms with Crippen LogP contribution in [0.5, 0.6) is 11.5 Å². The van der Waals surface area contributed by atoms with Crippen molar-refractivity contribution in [1.82, 2.24) is 4.98 Å². The number of aromatic amines is 1. The summed E-state index contributed by atoms with van der Waals surface area (Å²) in [6.45, 7) is 2.08. The van der Waals surface area contributed by atoms with Crippen molar-refractivity contribution in [3.8, 4) is 22.8 Å². The topological polar surface area (TPSA) is 99.6 Å². The van der Waals surface area contributed by atoms with Gasteiger partial charge in [-0.2, -0.15) is 0 Å². The highest BCUT2D eigenvalue weighted by Crippen LogP contribution is 2.41. The van der Waals surface area contributed by atoms with E-state index in [1.165, 1.54) is 0 Å². The molecule has 0 spiro atoms. The molecule has 0 saturated heterocycles. The molecule has 2 aromatic rings. The first-order valence-corrected chi connectivity index (χ1v) is 6.45. The summed E-state index contributed by atoms with van der Waals surface area (Å²) in [5, 5.41) is 19.3. The van der Waals surface area contributed by atoms with E-state index in [9.17, 15) is 14.7 Å². The van der Waals surface area contributed by atoms with E-state index in [1.807, 2.05) is 0 Å². The maximum Gasteiger partial charge on any atom is 0.345 e. The third kappa shape index (κ3) is 2.31. The molecule has 7 heteroatoms. The summed E-state index contributed by atoms with van der Waals surface area (Å²) >= 11 is 0. The number of aromatic nitrogens is 1. The molecule has 3 rings (SSSR count). The zero-order chi connectivity index (χ0) is 15.1. The van der Waals surface area contributed by atoms with Crippen LogP contribution in [-0.2, 0) is 0 Å². The largest absolute Gasteiger partial charge is 0.506 e. The van der Waals surface area contributed by atoms with E-state index in [0.29, 0.717) is 22.6 Å². The van der Waals surface area contributed by atoms with Gasteiger partial charge in [-0.25, -0.2) is 4.79 Å². The molecule has 6 nitrogen and oxygen atoms in total. The minimum atomic E-state index is -1.46. The highest BCUT2D eigenvalue weighted by molar-refractivity contribution is 5.92. The van der Waals surface area contributed by atoms with E-state index in [2.05, 4.69) is 4.98 Å². The number of aromatic hydroxyl groups is 1. The average molecular weight is 324 g/mol. The lowest BCUT2D eigenvalue weighted by Crippen LogP contribution is -2.20. The molecule has 0 radical (unpaired) electrons. The molecular weight excluding hydrogens is 310 g/mol. The van der Waals surface area contributed by atoms with E-state index >= 15 is 0 Å². The molecule has 1 atom stereocenters. The zero-order valence-electron chi connectivity index (χ0n) is 11.6. The van der Waals surface area contributed by atoms with Crippen molar-refractivity contribution in [1.29, 1.82) is 0 Å². The number of aromatic carboxylic acids is 1. The van der Waals surface area contributed by atoms with Crippen LogP contribution in [0, 0.1) is 0 Å². The molecule has 2 heterocycles. The molecule has 3 N–H and O–H groups in total. The van der Waals surface area contributed by atoms with Gasteiger partial charge in [0.1, 0.15) is 11.5 Å². The molecule has 0 saturated carbocycles. The SMILES string of the molecule is CC1COc2ccccc2-c2[nH]c(=O)c(C(=O)O)c(O)c21.Cl. The number of halogens is 1. The smallest absolute Gasteiger partial charge is 0.345 e. The molecule has 0 amide bonds. The molecule has 22 heavy (non-hydrogen) atoms. The third-order valence-corrected chi connectivity index (χ3v) is 3.58. The highest BCUT2D eigenvalue weighted by atomic mass is 35.5. The van der Waals surface area contributed by atoms with Crippen molar-refractivity contribution in [3.05, 3.63) is 45.7 Å². The fourth-order valence-electron chi connectivity index (χ4n) is 2.59. The summed E-state index contributed by atoms with van der Waals surface area (Å²) in [6.07, 6.45) is 0. The van der Waals surface area contributed by atoms with Gasteiger partial charge >= 0.3 is 5.97 Å². The zero-order valence-corrected chi connectivity index (χ0v) is 12.4. The Bertz CT molecular complexity index is 799. The second-order valence-corrected chi connectivity index (χ2v) is 4.98. The molecule has 0 fully saturated rings. The Morgan fingerprint density at radius 2 is 2.05 bits per heavy atom. The van der Waals surface area contributed by atoms with Crippen LogP contribution < -0.4 is 10.3 Å². The summed E-state index contributed by atoms with van der Waals surface area (Å²) < 4.78 is 5.66. The minimum absolute atomic E-state index is 0. The van der Waals surface area contributed by atoms with Gasteiger partial charge in [-0.3, -0.25) is 4.79 Å². The number of carboxylic acid groups (broad SMARTS) is 1. The predicted octanol–water partition coefficient (Wildman–Crippen LogP) is 2.36. The summed E-state index contributed by atoms with van der Waals surface area (Å²) in [6, 6.07) is 7.10. The van der Waals surface area contributed by atoms with E-state index in [-0.39, 0.29) is 24.9 Å². The molecule has 116 valence electrons. The van der Waals surface area contributed by atoms with Crippen molar-refractivity contribution >= 4 is 18.4 Å². The summed E-state index contributed by atoms with van der Waals surface area (Å²) in [7, 11) is 0. The first-order valence-electron chi connectivity index (χ1n) is 6.45. The Hall–Kier alpha value is -2.47. The fraction of sp³-hybridized carbons (Fsp3) is 0.200. The van der Waals surface area contributed by atoms with Crippen LogP contribution in [0.15, 0.2) is 29.1 Å². The van der Waals surface area contributed by atoms with Gasteiger partial charge in [0.25, 0.3) is 5.56 Å². The first-order chi connectivity index (χ1) is 10.0. The van der Waals surface area contributed by atoms with Crippen LogP contribution >= 0.6 is 12.4 Å². The standard InChI is InChI=1S/C15H13NO5.ClH/c1-7-6-21-9-5-3-2-4-8(9)12-10(7)13(17)11(15(19)20)14(18)16-12;/h2-5,7H,6H2,1H3,(H,19,20)(H2,16,17,18);1H. The Morgan fingerprint density at radius 3 is 2.73 bits per heavy atom. The predicted molar refractivity (Wildman–Crippen MR) is 82.3 cm³/mol. The number of carboxylic acids is 1. The molecule has 1 aromatic heterocycles. The monoisotopic (exact) mass is 323 g/mol. The lowest BCUT2D eigenvalue weighted by Gasteiger charge is -2.14. The van der Waals surface area contributed by atoms with Crippen molar-refractivity contribution in [2.45, 2.75) is 12.8 Å². The Labute approximate surface area is 131 Å². The number of carbonyl (C=O) groups is 1. The van der Waals surface area contributed by atoms with Crippen LogP contribution in [-0.4, -0.2) is 27.8 Å².